The third-order valence-corrected chi connectivity index (χ3v) is 5.18. The van der Waals surface area contributed by atoms with Crippen LogP contribution in [0.15, 0.2) is 6.20 Å². The number of ether oxygens (including phenoxy) is 1. The van der Waals surface area contributed by atoms with E-state index >= 15 is 0 Å². The lowest BCUT2D eigenvalue weighted by atomic mass is 9.94. The van der Waals surface area contributed by atoms with Gasteiger partial charge in [0.15, 0.2) is 0 Å². The molecule has 2 aliphatic rings. The number of aromatic nitrogens is 2. The lowest BCUT2D eigenvalue weighted by molar-refractivity contribution is -0.119. The van der Waals surface area contributed by atoms with Gasteiger partial charge in [-0.2, -0.15) is 5.10 Å². The summed E-state index contributed by atoms with van der Waals surface area (Å²) in [6, 6.07) is 0. The predicted molar refractivity (Wildman–Crippen MR) is 89.5 cm³/mol. The van der Waals surface area contributed by atoms with E-state index in [9.17, 15) is 4.79 Å². The van der Waals surface area contributed by atoms with Gasteiger partial charge < -0.3 is 15.0 Å². The molecular weight excluding hydrogens is 292 g/mol. The molecule has 6 heteroatoms. The normalized spacial score (nSPS) is 23.3. The number of nitrogens with zero attached hydrogens (tertiary/aromatic N) is 2. The number of carbonyl (C=O) groups excluding carboxylic acids is 1. The highest BCUT2D eigenvalue weighted by molar-refractivity contribution is 5.93. The number of nitrogens with one attached hydrogen (secondary N) is 2. The lowest BCUT2D eigenvalue weighted by Crippen LogP contribution is -2.37. The van der Waals surface area contributed by atoms with Gasteiger partial charge in [-0.1, -0.05) is 12.8 Å². The van der Waals surface area contributed by atoms with Crippen LogP contribution in [-0.2, 0) is 9.53 Å². The number of hydrogen-bond acceptors (Lipinski definition) is 4. The van der Waals surface area contributed by atoms with E-state index in [-0.39, 0.29) is 11.8 Å². The quantitative estimate of drug-likeness (QED) is 0.844. The molecule has 1 unspecified atom stereocenters. The number of amides is 1. The van der Waals surface area contributed by atoms with Crippen molar-refractivity contribution in [3.63, 3.8) is 0 Å². The van der Waals surface area contributed by atoms with Crippen LogP contribution in [-0.4, -0.2) is 54.4 Å². The maximum absolute atomic E-state index is 12.4. The Hall–Kier alpha value is -1.40. The first kappa shape index (κ1) is 16.5. The van der Waals surface area contributed by atoms with Crippen molar-refractivity contribution in [2.24, 2.45) is 5.92 Å². The van der Waals surface area contributed by atoms with E-state index in [0.29, 0.717) is 5.92 Å². The number of hydrogen-bond donors (Lipinski definition) is 2. The molecule has 0 spiro atoms. The smallest absolute Gasteiger partial charge is 0.227 e. The van der Waals surface area contributed by atoms with Crippen LogP contribution < -0.4 is 5.32 Å². The summed E-state index contributed by atoms with van der Waals surface area (Å²) in [6.07, 6.45) is 8.46. The summed E-state index contributed by atoms with van der Waals surface area (Å²) in [7, 11) is 1.74. The summed E-state index contributed by atoms with van der Waals surface area (Å²) in [5, 5.41) is 10.4. The molecule has 1 saturated carbocycles. The zero-order valence-electron chi connectivity index (χ0n) is 14.0. The van der Waals surface area contributed by atoms with Crippen LogP contribution in [0.25, 0.3) is 0 Å². The SMILES string of the molecule is COCCN1CCCC(c2[nH]ncc2NC(=O)C2CCCC2)C1. The van der Waals surface area contributed by atoms with Crippen molar-refractivity contribution in [1.82, 2.24) is 15.1 Å². The Bertz CT molecular complexity index is 510. The fourth-order valence-corrected chi connectivity index (χ4v) is 3.84. The summed E-state index contributed by atoms with van der Waals surface area (Å²) in [5.74, 6) is 0.751. The van der Waals surface area contributed by atoms with E-state index in [4.69, 9.17) is 4.74 Å². The number of likely N-dealkylation sites (tertiary alicyclic amines) is 1. The Morgan fingerprint density at radius 1 is 1.39 bits per heavy atom. The minimum Gasteiger partial charge on any atom is -0.383 e. The van der Waals surface area contributed by atoms with Gasteiger partial charge in [0.05, 0.1) is 24.2 Å². The number of anilines is 1. The van der Waals surface area contributed by atoms with Crippen molar-refractivity contribution in [3.05, 3.63) is 11.9 Å². The molecule has 1 aromatic heterocycles. The van der Waals surface area contributed by atoms with Gasteiger partial charge in [-0.15, -0.1) is 0 Å². The molecule has 0 aromatic carbocycles. The Labute approximate surface area is 138 Å². The van der Waals surface area contributed by atoms with Crippen LogP contribution in [0.2, 0.25) is 0 Å². The zero-order valence-corrected chi connectivity index (χ0v) is 14.0. The van der Waals surface area contributed by atoms with Gasteiger partial charge in [0.25, 0.3) is 0 Å². The first-order valence-corrected chi connectivity index (χ1v) is 8.83. The van der Waals surface area contributed by atoms with Crippen molar-refractivity contribution in [2.75, 3.05) is 38.7 Å². The molecule has 2 N–H and O–H groups in total. The molecule has 1 aliphatic heterocycles. The minimum atomic E-state index is 0.164. The van der Waals surface area contributed by atoms with Crippen molar-refractivity contribution < 1.29 is 9.53 Å². The maximum Gasteiger partial charge on any atom is 0.227 e. The maximum atomic E-state index is 12.4. The van der Waals surface area contributed by atoms with E-state index in [2.05, 4.69) is 20.4 Å². The molecular formula is C17H28N4O2. The third kappa shape index (κ3) is 4.12. The van der Waals surface area contributed by atoms with Crippen LogP contribution in [0, 0.1) is 5.92 Å². The van der Waals surface area contributed by atoms with Crippen LogP contribution in [0.3, 0.4) is 0 Å². The van der Waals surface area contributed by atoms with Crippen molar-refractivity contribution in [2.45, 2.75) is 44.4 Å². The molecule has 1 saturated heterocycles. The molecule has 6 nitrogen and oxygen atoms in total. The molecule has 1 aromatic rings. The Kier molecular flexibility index (Phi) is 5.67. The average molecular weight is 320 g/mol. The molecule has 23 heavy (non-hydrogen) atoms. The van der Waals surface area contributed by atoms with Gasteiger partial charge in [-0.25, -0.2) is 0 Å². The van der Waals surface area contributed by atoms with E-state index in [1.165, 1.54) is 19.3 Å². The first-order valence-electron chi connectivity index (χ1n) is 8.83. The van der Waals surface area contributed by atoms with Crippen LogP contribution in [0.5, 0.6) is 0 Å². The molecule has 2 heterocycles. The van der Waals surface area contributed by atoms with Crippen molar-refractivity contribution >= 4 is 11.6 Å². The van der Waals surface area contributed by atoms with Gasteiger partial charge in [0.1, 0.15) is 0 Å². The molecule has 128 valence electrons. The van der Waals surface area contributed by atoms with E-state index < -0.39 is 0 Å². The first-order chi connectivity index (χ1) is 11.3. The van der Waals surface area contributed by atoms with Gasteiger partial charge in [0, 0.05) is 32.0 Å². The number of aromatic amines is 1. The monoisotopic (exact) mass is 320 g/mol. The van der Waals surface area contributed by atoms with Gasteiger partial charge in [-0.05, 0) is 32.2 Å². The average Bonchev–Trinajstić information content (AvgIpc) is 3.24. The lowest BCUT2D eigenvalue weighted by Gasteiger charge is -2.32. The number of methoxy groups -OCH3 is 1. The second kappa shape index (κ2) is 7.93. The predicted octanol–water partition coefficient (Wildman–Crippen LogP) is 2.36. The highest BCUT2D eigenvalue weighted by atomic mass is 16.5. The fourth-order valence-electron chi connectivity index (χ4n) is 3.84. The van der Waals surface area contributed by atoms with Crippen LogP contribution >= 0.6 is 0 Å². The van der Waals surface area contributed by atoms with Gasteiger partial charge in [-0.3, -0.25) is 9.89 Å². The number of rotatable bonds is 6. The zero-order chi connectivity index (χ0) is 16.1. The van der Waals surface area contributed by atoms with Crippen LogP contribution in [0.1, 0.15) is 50.1 Å². The van der Waals surface area contributed by atoms with E-state index in [0.717, 1.165) is 56.9 Å². The Morgan fingerprint density at radius 3 is 3.00 bits per heavy atom. The standard InChI is InChI=1S/C17H28N4O2/c1-23-10-9-21-8-4-7-14(12-21)16-15(11-18-20-16)19-17(22)13-5-2-3-6-13/h11,13-14H,2-10,12H2,1H3,(H,18,20)(H,19,22). The summed E-state index contributed by atoms with van der Waals surface area (Å²) < 4.78 is 5.19. The fraction of sp³-hybridized carbons (Fsp3) is 0.765. The Balaban J connectivity index is 1.61. The second-order valence-corrected chi connectivity index (χ2v) is 6.80. The number of piperidine rings is 1. The van der Waals surface area contributed by atoms with Crippen molar-refractivity contribution in [3.8, 4) is 0 Å². The second-order valence-electron chi connectivity index (χ2n) is 6.80. The third-order valence-electron chi connectivity index (χ3n) is 5.18. The largest absolute Gasteiger partial charge is 0.383 e. The van der Waals surface area contributed by atoms with Crippen molar-refractivity contribution in [1.29, 1.82) is 0 Å². The summed E-state index contributed by atoms with van der Waals surface area (Å²) in [6.45, 7) is 3.85. The van der Waals surface area contributed by atoms with Gasteiger partial charge >= 0.3 is 0 Å². The summed E-state index contributed by atoms with van der Waals surface area (Å²) >= 11 is 0. The van der Waals surface area contributed by atoms with Gasteiger partial charge in [0.2, 0.25) is 5.91 Å². The summed E-state index contributed by atoms with van der Waals surface area (Å²) in [4.78, 5) is 14.8. The Morgan fingerprint density at radius 2 is 2.22 bits per heavy atom. The topological polar surface area (TPSA) is 70.2 Å². The number of carbonyl (C=O) groups is 1. The molecule has 2 fully saturated rings. The number of H-pyrrole nitrogens is 1. The highest BCUT2D eigenvalue weighted by Gasteiger charge is 2.27. The molecule has 3 rings (SSSR count). The molecule has 1 aliphatic carbocycles. The molecule has 1 atom stereocenters. The summed E-state index contributed by atoms with van der Waals surface area (Å²) in [5.41, 5.74) is 1.96. The molecule has 1 amide bonds. The molecule has 0 radical (unpaired) electrons. The minimum absolute atomic E-state index is 0.164. The van der Waals surface area contributed by atoms with Crippen LogP contribution in [0.4, 0.5) is 5.69 Å². The van der Waals surface area contributed by atoms with E-state index in [1.54, 1.807) is 13.3 Å². The molecule has 0 bridgehead atoms. The highest BCUT2D eigenvalue weighted by Crippen LogP contribution is 2.31. The van der Waals surface area contributed by atoms with E-state index in [1.807, 2.05) is 0 Å².